The van der Waals surface area contributed by atoms with Gasteiger partial charge in [-0.05, 0) is 18.6 Å². The standard InChI is InChI=1S/C13H16N6O3/c1-8-4-10(6-11(5-8)19(21)22)13(20)18(3)7-9(2)12-14-16-17-15-12/h4-6,9H,7H2,1-3H3,(H,14,15,16,17). The number of tetrazole rings is 1. The molecule has 9 heteroatoms. The summed E-state index contributed by atoms with van der Waals surface area (Å²) in [6.45, 7) is 3.96. The number of carbonyl (C=O) groups is 1. The van der Waals surface area contributed by atoms with E-state index in [0.29, 0.717) is 17.9 Å². The normalized spacial score (nSPS) is 12.0. The molecule has 1 aromatic carbocycles. The lowest BCUT2D eigenvalue weighted by Crippen LogP contribution is -2.30. The first kappa shape index (κ1) is 15.5. The lowest BCUT2D eigenvalue weighted by molar-refractivity contribution is -0.384. The Kier molecular flexibility index (Phi) is 4.44. The summed E-state index contributed by atoms with van der Waals surface area (Å²) in [5, 5.41) is 24.5. The van der Waals surface area contributed by atoms with Crippen LogP contribution in [0.5, 0.6) is 0 Å². The molecule has 1 amide bonds. The van der Waals surface area contributed by atoms with E-state index < -0.39 is 4.92 Å². The van der Waals surface area contributed by atoms with Crippen LogP contribution < -0.4 is 0 Å². The second-order valence-electron chi connectivity index (χ2n) is 5.17. The predicted octanol–water partition coefficient (Wildman–Crippen LogP) is 1.29. The zero-order chi connectivity index (χ0) is 16.3. The van der Waals surface area contributed by atoms with Gasteiger partial charge in [0.05, 0.1) is 4.92 Å². The molecule has 9 nitrogen and oxygen atoms in total. The van der Waals surface area contributed by atoms with Gasteiger partial charge in [-0.3, -0.25) is 14.9 Å². The fraction of sp³-hybridized carbons (Fsp3) is 0.385. The van der Waals surface area contributed by atoms with E-state index >= 15 is 0 Å². The van der Waals surface area contributed by atoms with Gasteiger partial charge in [-0.1, -0.05) is 12.1 Å². The molecule has 0 radical (unpaired) electrons. The number of nitrogens with one attached hydrogen (secondary N) is 1. The molecule has 1 heterocycles. The highest BCUT2D eigenvalue weighted by Gasteiger charge is 2.20. The summed E-state index contributed by atoms with van der Waals surface area (Å²) >= 11 is 0. The number of benzene rings is 1. The molecule has 0 spiro atoms. The number of nitrogens with zero attached hydrogens (tertiary/aromatic N) is 5. The zero-order valence-electron chi connectivity index (χ0n) is 12.5. The smallest absolute Gasteiger partial charge is 0.270 e. The molecule has 0 aliphatic heterocycles. The van der Waals surface area contributed by atoms with Crippen LogP contribution in [0.15, 0.2) is 18.2 Å². The van der Waals surface area contributed by atoms with Gasteiger partial charge in [-0.2, -0.15) is 5.21 Å². The van der Waals surface area contributed by atoms with Crippen molar-refractivity contribution in [1.29, 1.82) is 0 Å². The van der Waals surface area contributed by atoms with Crippen LogP contribution in [0.4, 0.5) is 5.69 Å². The Morgan fingerprint density at radius 3 is 2.77 bits per heavy atom. The van der Waals surface area contributed by atoms with Crippen molar-refractivity contribution in [2.45, 2.75) is 19.8 Å². The highest BCUT2D eigenvalue weighted by atomic mass is 16.6. The number of nitro benzene ring substituents is 1. The number of carbonyl (C=O) groups excluding carboxylic acids is 1. The van der Waals surface area contributed by atoms with Crippen LogP contribution in [0.25, 0.3) is 0 Å². The van der Waals surface area contributed by atoms with Crippen molar-refractivity contribution in [2.24, 2.45) is 0 Å². The lowest BCUT2D eigenvalue weighted by Gasteiger charge is -2.20. The Balaban J connectivity index is 2.15. The number of hydrogen-bond donors (Lipinski definition) is 1. The van der Waals surface area contributed by atoms with E-state index in [1.54, 1.807) is 20.0 Å². The van der Waals surface area contributed by atoms with Crippen molar-refractivity contribution in [1.82, 2.24) is 25.5 Å². The van der Waals surface area contributed by atoms with E-state index in [2.05, 4.69) is 20.6 Å². The number of amides is 1. The Morgan fingerprint density at radius 1 is 1.45 bits per heavy atom. The fourth-order valence-corrected chi connectivity index (χ4v) is 2.17. The number of H-pyrrole nitrogens is 1. The van der Waals surface area contributed by atoms with Crippen molar-refractivity contribution in [3.05, 3.63) is 45.3 Å². The van der Waals surface area contributed by atoms with Gasteiger partial charge >= 0.3 is 0 Å². The first-order valence-electron chi connectivity index (χ1n) is 6.63. The minimum absolute atomic E-state index is 0.0945. The van der Waals surface area contributed by atoms with E-state index in [1.807, 2.05) is 6.92 Å². The van der Waals surface area contributed by atoms with E-state index in [1.165, 1.54) is 17.0 Å². The molecule has 0 fully saturated rings. The van der Waals surface area contributed by atoms with Crippen LogP contribution in [0.3, 0.4) is 0 Å². The lowest BCUT2D eigenvalue weighted by atomic mass is 10.1. The number of nitro groups is 1. The number of rotatable bonds is 5. The molecule has 0 aliphatic carbocycles. The first-order valence-corrected chi connectivity index (χ1v) is 6.63. The zero-order valence-corrected chi connectivity index (χ0v) is 12.5. The largest absolute Gasteiger partial charge is 0.341 e. The molecule has 1 atom stereocenters. The molecule has 2 rings (SSSR count). The number of hydrogen-bond acceptors (Lipinski definition) is 6. The van der Waals surface area contributed by atoms with Crippen LogP contribution >= 0.6 is 0 Å². The number of aryl methyl sites for hydroxylation is 1. The monoisotopic (exact) mass is 304 g/mol. The van der Waals surface area contributed by atoms with Crippen molar-refractivity contribution in [2.75, 3.05) is 13.6 Å². The molecular weight excluding hydrogens is 288 g/mol. The van der Waals surface area contributed by atoms with Crippen LogP contribution in [-0.4, -0.2) is 49.9 Å². The van der Waals surface area contributed by atoms with Gasteiger partial charge in [-0.15, -0.1) is 10.2 Å². The molecule has 1 N–H and O–H groups in total. The van der Waals surface area contributed by atoms with Gasteiger partial charge in [0.15, 0.2) is 5.82 Å². The molecule has 22 heavy (non-hydrogen) atoms. The quantitative estimate of drug-likeness (QED) is 0.657. The second kappa shape index (κ2) is 6.29. The van der Waals surface area contributed by atoms with E-state index in [0.717, 1.165) is 0 Å². The summed E-state index contributed by atoms with van der Waals surface area (Å²) < 4.78 is 0. The summed E-state index contributed by atoms with van der Waals surface area (Å²) in [6.07, 6.45) is 0. The Hall–Kier alpha value is -2.84. The van der Waals surface area contributed by atoms with Gasteiger partial charge in [0, 0.05) is 37.2 Å². The molecule has 116 valence electrons. The maximum Gasteiger partial charge on any atom is 0.270 e. The Bertz CT molecular complexity index is 685. The number of likely N-dealkylation sites (N-methyl/N-ethyl adjacent to an activating group) is 1. The van der Waals surface area contributed by atoms with Gasteiger partial charge in [0.25, 0.3) is 11.6 Å². The van der Waals surface area contributed by atoms with Gasteiger partial charge in [0.1, 0.15) is 0 Å². The molecule has 0 saturated heterocycles. The molecular formula is C13H16N6O3. The van der Waals surface area contributed by atoms with Crippen molar-refractivity contribution >= 4 is 11.6 Å². The molecule has 2 aromatic rings. The summed E-state index contributed by atoms with van der Waals surface area (Å²) in [6, 6.07) is 4.34. The topological polar surface area (TPSA) is 118 Å². The summed E-state index contributed by atoms with van der Waals surface area (Å²) in [5.41, 5.74) is 0.856. The number of aromatic nitrogens is 4. The fourth-order valence-electron chi connectivity index (χ4n) is 2.17. The molecule has 1 unspecified atom stereocenters. The minimum Gasteiger partial charge on any atom is -0.341 e. The van der Waals surface area contributed by atoms with E-state index in [-0.39, 0.29) is 23.1 Å². The third kappa shape index (κ3) is 3.43. The summed E-state index contributed by atoms with van der Waals surface area (Å²) in [7, 11) is 1.63. The first-order chi connectivity index (χ1) is 10.4. The van der Waals surface area contributed by atoms with E-state index in [9.17, 15) is 14.9 Å². The van der Waals surface area contributed by atoms with Crippen molar-refractivity contribution < 1.29 is 9.72 Å². The van der Waals surface area contributed by atoms with Crippen LogP contribution in [0.2, 0.25) is 0 Å². The third-order valence-corrected chi connectivity index (χ3v) is 3.22. The molecule has 0 bridgehead atoms. The Labute approximate surface area is 126 Å². The highest BCUT2D eigenvalue weighted by molar-refractivity contribution is 5.95. The predicted molar refractivity (Wildman–Crippen MR) is 77.4 cm³/mol. The summed E-state index contributed by atoms with van der Waals surface area (Å²) in [5.74, 6) is 0.115. The van der Waals surface area contributed by atoms with Crippen LogP contribution in [0.1, 0.15) is 34.6 Å². The molecule has 0 saturated carbocycles. The average molecular weight is 304 g/mol. The average Bonchev–Trinajstić information content (AvgIpc) is 2.99. The highest BCUT2D eigenvalue weighted by Crippen LogP contribution is 2.19. The minimum atomic E-state index is -0.508. The Morgan fingerprint density at radius 2 is 2.18 bits per heavy atom. The third-order valence-electron chi connectivity index (χ3n) is 3.22. The summed E-state index contributed by atoms with van der Waals surface area (Å²) in [4.78, 5) is 24.3. The van der Waals surface area contributed by atoms with Crippen LogP contribution in [0, 0.1) is 17.0 Å². The van der Waals surface area contributed by atoms with Gasteiger partial charge in [-0.25, -0.2) is 0 Å². The van der Waals surface area contributed by atoms with E-state index in [4.69, 9.17) is 0 Å². The van der Waals surface area contributed by atoms with Crippen LogP contribution in [-0.2, 0) is 0 Å². The maximum atomic E-state index is 12.4. The van der Waals surface area contributed by atoms with Gasteiger partial charge < -0.3 is 4.90 Å². The SMILES string of the molecule is Cc1cc(C(=O)N(C)CC(C)c2nn[nH]n2)cc([N+](=O)[O-])c1. The number of non-ortho nitro benzene ring substituents is 1. The molecule has 0 aliphatic rings. The number of aromatic amines is 1. The second-order valence-corrected chi connectivity index (χ2v) is 5.17. The van der Waals surface area contributed by atoms with Crippen molar-refractivity contribution in [3.63, 3.8) is 0 Å². The van der Waals surface area contributed by atoms with Gasteiger partial charge in [0.2, 0.25) is 0 Å². The molecule has 1 aromatic heterocycles. The van der Waals surface area contributed by atoms with Crippen molar-refractivity contribution in [3.8, 4) is 0 Å². The maximum absolute atomic E-state index is 12.4.